The Labute approximate surface area is 135 Å². The summed E-state index contributed by atoms with van der Waals surface area (Å²) < 4.78 is 3.25. The van der Waals surface area contributed by atoms with Crippen LogP contribution in [-0.4, -0.2) is 42.6 Å². The summed E-state index contributed by atoms with van der Waals surface area (Å²) in [5, 5.41) is 5.99. The Balaban J connectivity index is 1.64. The van der Waals surface area contributed by atoms with E-state index < -0.39 is 0 Å². The second kappa shape index (κ2) is 5.62. The fourth-order valence-electron chi connectivity index (χ4n) is 3.04. The summed E-state index contributed by atoms with van der Waals surface area (Å²) in [5.41, 5.74) is -0.167. The molecule has 0 unspecified atom stereocenters. The van der Waals surface area contributed by atoms with Crippen LogP contribution in [0.1, 0.15) is 23.2 Å². The molecule has 4 rings (SSSR count). The number of thiazole rings is 1. The zero-order valence-electron chi connectivity index (χ0n) is 12.3. The van der Waals surface area contributed by atoms with Crippen molar-refractivity contribution in [1.29, 1.82) is 0 Å². The van der Waals surface area contributed by atoms with Crippen molar-refractivity contribution in [2.24, 2.45) is 0 Å². The van der Waals surface area contributed by atoms with E-state index in [9.17, 15) is 9.59 Å². The standard InChI is InChI=1S/C15H15N5O2S/c21-13(12-9-16-15-20(14(12)22)7-8-23-15)19-6-1-3-11(19)10-18-5-2-4-17-18/h2,4-5,7-9,11H,1,3,6,10H2/t11-/m0/s1. The SMILES string of the molecule is O=C(c1cnc2sccn2c1=O)N1CCC[C@H]1Cn1cccn1. The van der Waals surface area contributed by atoms with E-state index in [0.717, 1.165) is 12.8 Å². The Hall–Kier alpha value is -2.48. The van der Waals surface area contributed by atoms with Crippen molar-refractivity contribution in [2.75, 3.05) is 6.54 Å². The number of rotatable bonds is 3. The highest BCUT2D eigenvalue weighted by molar-refractivity contribution is 7.15. The third kappa shape index (κ3) is 2.44. The van der Waals surface area contributed by atoms with Crippen LogP contribution >= 0.6 is 11.3 Å². The van der Waals surface area contributed by atoms with Gasteiger partial charge in [0.2, 0.25) is 0 Å². The Morgan fingerprint density at radius 3 is 3.13 bits per heavy atom. The molecule has 0 aromatic carbocycles. The summed E-state index contributed by atoms with van der Waals surface area (Å²) in [5.74, 6) is -0.238. The lowest BCUT2D eigenvalue weighted by Gasteiger charge is -2.24. The minimum atomic E-state index is -0.300. The van der Waals surface area contributed by atoms with Crippen LogP contribution in [0.4, 0.5) is 0 Å². The van der Waals surface area contributed by atoms with Crippen molar-refractivity contribution in [1.82, 2.24) is 24.1 Å². The van der Waals surface area contributed by atoms with E-state index in [1.54, 1.807) is 22.7 Å². The molecule has 118 valence electrons. The molecule has 8 heteroatoms. The van der Waals surface area contributed by atoms with Crippen LogP contribution in [0.2, 0.25) is 0 Å². The molecule has 7 nitrogen and oxygen atoms in total. The first-order chi connectivity index (χ1) is 11.2. The minimum Gasteiger partial charge on any atom is -0.334 e. The van der Waals surface area contributed by atoms with E-state index in [0.29, 0.717) is 18.1 Å². The van der Waals surface area contributed by atoms with Crippen molar-refractivity contribution >= 4 is 22.2 Å². The third-order valence-corrected chi connectivity index (χ3v) is 4.94. The van der Waals surface area contributed by atoms with Gasteiger partial charge in [0.05, 0.1) is 12.6 Å². The van der Waals surface area contributed by atoms with Gasteiger partial charge in [-0.1, -0.05) is 0 Å². The van der Waals surface area contributed by atoms with Crippen LogP contribution in [-0.2, 0) is 6.54 Å². The Kier molecular flexibility index (Phi) is 3.45. The molecule has 1 saturated heterocycles. The van der Waals surface area contributed by atoms with E-state index in [1.165, 1.54) is 21.9 Å². The van der Waals surface area contributed by atoms with E-state index in [-0.39, 0.29) is 23.1 Å². The molecule has 0 radical (unpaired) electrons. The number of carbonyl (C=O) groups excluding carboxylic acids is 1. The molecule has 1 atom stereocenters. The first-order valence-corrected chi connectivity index (χ1v) is 8.35. The summed E-state index contributed by atoms with van der Waals surface area (Å²) in [7, 11) is 0. The highest BCUT2D eigenvalue weighted by atomic mass is 32.1. The van der Waals surface area contributed by atoms with Gasteiger partial charge in [0.15, 0.2) is 4.96 Å². The van der Waals surface area contributed by atoms with Gasteiger partial charge < -0.3 is 4.90 Å². The number of aromatic nitrogens is 4. The van der Waals surface area contributed by atoms with Gasteiger partial charge in [-0.25, -0.2) is 4.98 Å². The third-order valence-electron chi connectivity index (χ3n) is 4.17. The summed E-state index contributed by atoms with van der Waals surface area (Å²) in [6, 6.07) is 1.92. The van der Waals surface area contributed by atoms with Crippen LogP contribution in [0.25, 0.3) is 4.96 Å². The summed E-state index contributed by atoms with van der Waals surface area (Å²) in [4.78, 5) is 31.9. The highest BCUT2D eigenvalue weighted by Crippen LogP contribution is 2.20. The number of likely N-dealkylation sites (tertiary alicyclic amines) is 1. The lowest BCUT2D eigenvalue weighted by molar-refractivity contribution is 0.0719. The monoisotopic (exact) mass is 329 g/mol. The molecule has 23 heavy (non-hydrogen) atoms. The largest absolute Gasteiger partial charge is 0.334 e. The van der Waals surface area contributed by atoms with Crippen LogP contribution in [0, 0.1) is 0 Å². The molecular weight excluding hydrogens is 314 g/mol. The van der Waals surface area contributed by atoms with Gasteiger partial charge in [-0.05, 0) is 18.9 Å². The highest BCUT2D eigenvalue weighted by Gasteiger charge is 2.31. The van der Waals surface area contributed by atoms with Crippen LogP contribution in [0.5, 0.6) is 0 Å². The van der Waals surface area contributed by atoms with Gasteiger partial charge in [-0.2, -0.15) is 5.10 Å². The predicted molar refractivity (Wildman–Crippen MR) is 85.6 cm³/mol. The van der Waals surface area contributed by atoms with E-state index in [2.05, 4.69) is 10.1 Å². The molecule has 0 spiro atoms. The number of carbonyl (C=O) groups is 1. The van der Waals surface area contributed by atoms with Crippen molar-refractivity contribution in [2.45, 2.75) is 25.4 Å². The van der Waals surface area contributed by atoms with Crippen molar-refractivity contribution in [3.8, 4) is 0 Å². The lowest BCUT2D eigenvalue weighted by atomic mass is 10.2. The molecule has 0 aliphatic carbocycles. The molecule has 1 aliphatic heterocycles. The van der Waals surface area contributed by atoms with E-state index in [1.807, 2.05) is 16.9 Å². The van der Waals surface area contributed by atoms with Crippen molar-refractivity contribution in [3.63, 3.8) is 0 Å². The van der Waals surface area contributed by atoms with Gasteiger partial charge in [0, 0.05) is 36.7 Å². The average molecular weight is 329 g/mol. The van der Waals surface area contributed by atoms with Gasteiger partial charge in [-0.15, -0.1) is 11.3 Å². The molecule has 1 fully saturated rings. The first-order valence-electron chi connectivity index (χ1n) is 7.47. The Morgan fingerprint density at radius 2 is 2.30 bits per heavy atom. The molecule has 0 bridgehead atoms. The van der Waals surface area contributed by atoms with Gasteiger partial charge >= 0.3 is 0 Å². The molecule has 4 heterocycles. The van der Waals surface area contributed by atoms with Gasteiger partial charge in [0.25, 0.3) is 11.5 Å². The van der Waals surface area contributed by atoms with Crippen molar-refractivity contribution in [3.05, 3.63) is 52.2 Å². The first kappa shape index (κ1) is 14.1. The Bertz CT molecular complexity index is 898. The van der Waals surface area contributed by atoms with E-state index in [4.69, 9.17) is 0 Å². The molecule has 0 N–H and O–H groups in total. The summed E-state index contributed by atoms with van der Waals surface area (Å²) in [6.45, 7) is 1.31. The molecule has 3 aromatic rings. The maximum absolute atomic E-state index is 12.8. The minimum absolute atomic E-state index is 0.0602. The normalized spacial score (nSPS) is 17.9. The van der Waals surface area contributed by atoms with Gasteiger partial charge in [0.1, 0.15) is 5.56 Å². The predicted octanol–water partition coefficient (Wildman–Crippen LogP) is 1.26. The van der Waals surface area contributed by atoms with Crippen LogP contribution < -0.4 is 5.56 Å². The smallest absolute Gasteiger partial charge is 0.271 e. The zero-order chi connectivity index (χ0) is 15.8. The summed E-state index contributed by atoms with van der Waals surface area (Å²) >= 11 is 1.37. The number of amides is 1. The molecule has 0 saturated carbocycles. The maximum atomic E-state index is 12.8. The second-order valence-electron chi connectivity index (χ2n) is 5.56. The van der Waals surface area contributed by atoms with Gasteiger partial charge in [-0.3, -0.25) is 18.7 Å². The number of hydrogen-bond acceptors (Lipinski definition) is 5. The quantitative estimate of drug-likeness (QED) is 0.725. The fraction of sp³-hybridized carbons (Fsp3) is 0.333. The van der Waals surface area contributed by atoms with Crippen LogP contribution in [0.15, 0.2) is 41.0 Å². The summed E-state index contributed by atoms with van der Waals surface area (Å²) in [6.07, 6.45) is 8.52. The Morgan fingerprint density at radius 1 is 1.39 bits per heavy atom. The lowest BCUT2D eigenvalue weighted by Crippen LogP contribution is -2.40. The molecular formula is C15H15N5O2S. The van der Waals surface area contributed by atoms with Crippen LogP contribution in [0.3, 0.4) is 0 Å². The molecule has 1 aliphatic rings. The second-order valence-corrected chi connectivity index (χ2v) is 6.43. The maximum Gasteiger partial charge on any atom is 0.271 e. The van der Waals surface area contributed by atoms with Crippen molar-refractivity contribution < 1.29 is 4.79 Å². The molecule has 3 aromatic heterocycles. The topological polar surface area (TPSA) is 72.5 Å². The fourth-order valence-corrected chi connectivity index (χ4v) is 3.72. The molecule has 1 amide bonds. The zero-order valence-corrected chi connectivity index (χ0v) is 13.1. The number of hydrogen-bond donors (Lipinski definition) is 0. The number of fused-ring (bicyclic) bond motifs is 1. The number of nitrogens with zero attached hydrogens (tertiary/aromatic N) is 5. The average Bonchev–Trinajstić information content (AvgIpc) is 3.29. The van der Waals surface area contributed by atoms with E-state index >= 15 is 0 Å².